The molecule has 2 fully saturated rings. The molecule has 1 unspecified atom stereocenters. The first kappa shape index (κ1) is 32.4. The Morgan fingerprint density at radius 1 is 1.02 bits per heavy atom. The van der Waals surface area contributed by atoms with E-state index in [9.17, 15) is 19.2 Å². The van der Waals surface area contributed by atoms with Crippen LogP contribution in [0, 0.1) is 0 Å². The highest BCUT2D eigenvalue weighted by Gasteiger charge is 2.41. The Morgan fingerprint density at radius 3 is 2.20 bits per heavy atom. The number of carbonyl (C=O) groups excluding carboxylic acids is 1. The predicted molar refractivity (Wildman–Crippen MR) is 150 cm³/mol. The zero-order valence-corrected chi connectivity index (χ0v) is 24.3. The van der Waals surface area contributed by atoms with Gasteiger partial charge >= 0.3 is 17.9 Å². The molecule has 2 aliphatic heterocycles. The number of amides is 1. The molecular formula is C27H35ClN4O8S. The normalized spacial score (nSPS) is 21.1. The first-order valence-corrected chi connectivity index (χ1v) is 14.6. The highest BCUT2D eigenvalue weighted by atomic mass is 35.5. The van der Waals surface area contributed by atoms with E-state index in [1.54, 1.807) is 0 Å². The molecule has 3 atom stereocenters. The van der Waals surface area contributed by atoms with E-state index in [4.69, 9.17) is 32.0 Å². The lowest BCUT2D eigenvalue weighted by Gasteiger charge is -2.36. The number of carboxylic acids is 3. The number of aliphatic carboxylic acids is 3. The Kier molecular flexibility index (Phi) is 11.6. The Morgan fingerprint density at radius 2 is 1.66 bits per heavy atom. The number of benzene rings is 1. The van der Waals surface area contributed by atoms with Crippen molar-refractivity contribution in [1.29, 1.82) is 0 Å². The van der Waals surface area contributed by atoms with Crippen LogP contribution in [-0.2, 0) is 19.2 Å². The minimum atomic E-state index is -2.74. The second kappa shape index (κ2) is 14.7. The van der Waals surface area contributed by atoms with Gasteiger partial charge in [0, 0.05) is 47.9 Å². The van der Waals surface area contributed by atoms with Crippen LogP contribution < -0.4 is 0 Å². The second-order valence-electron chi connectivity index (χ2n) is 10.4. The third kappa shape index (κ3) is 8.93. The monoisotopic (exact) mass is 610 g/mol. The number of rotatable bonds is 10. The summed E-state index contributed by atoms with van der Waals surface area (Å²) in [5, 5.41) is 40.9. The fourth-order valence-corrected chi connectivity index (χ4v) is 6.09. The number of likely N-dealkylation sites (tertiary alicyclic amines) is 2. The molecule has 4 rings (SSSR count). The smallest absolute Gasteiger partial charge is 0.336 e. The minimum Gasteiger partial charge on any atom is -0.481 e. The van der Waals surface area contributed by atoms with Crippen molar-refractivity contribution in [2.45, 2.75) is 68.9 Å². The molecule has 224 valence electrons. The number of halogens is 1. The molecule has 1 aromatic heterocycles. The summed E-state index contributed by atoms with van der Waals surface area (Å²) in [5.74, 6) is -4.18. The lowest BCUT2D eigenvalue weighted by Crippen LogP contribution is -2.47. The molecule has 12 nitrogen and oxygen atoms in total. The third-order valence-corrected chi connectivity index (χ3v) is 8.29. The second-order valence-corrected chi connectivity index (χ2v) is 11.5. The maximum atomic E-state index is 13.0. The maximum Gasteiger partial charge on any atom is 0.336 e. The fraction of sp³-hybridized carbons (Fsp3) is 0.556. The molecule has 2 saturated heterocycles. The van der Waals surface area contributed by atoms with Crippen LogP contribution in [0.15, 0.2) is 29.6 Å². The molecule has 41 heavy (non-hydrogen) atoms. The first-order valence-electron chi connectivity index (χ1n) is 13.4. The van der Waals surface area contributed by atoms with E-state index in [1.807, 2.05) is 17.5 Å². The van der Waals surface area contributed by atoms with Crippen LogP contribution in [0.25, 0.3) is 0 Å². The van der Waals surface area contributed by atoms with Crippen LogP contribution in [-0.4, -0.2) is 101 Å². The molecule has 0 saturated carbocycles. The van der Waals surface area contributed by atoms with Crippen molar-refractivity contribution in [3.05, 3.63) is 45.9 Å². The molecule has 0 bridgehead atoms. The highest BCUT2D eigenvalue weighted by molar-refractivity contribution is 7.03. The van der Waals surface area contributed by atoms with Gasteiger partial charge in [-0.25, -0.2) is 4.79 Å². The molecule has 1 aromatic carbocycles. The van der Waals surface area contributed by atoms with Gasteiger partial charge in [0.05, 0.1) is 25.1 Å². The number of hydrogen-bond donors (Lipinski definition) is 4. The van der Waals surface area contributed by atoms with Gasteiger partial charge in [-0.1, -0.05) is 35.1 Å². The zero-order valence-electron chi connectivity index (χ0n) is 22.7. The Balaban J connectivity index is 0.000000302. The summed E-state index contributed by atoms with van der Waals surface area (Å²) < 4.78 is 4.07. The van der Waals surface area contributed by atoms with Gasteiger partial charge in [0.15, 0.2) is 5.60 Å². The SMILES string of the molecule is CCC1CCCCN1C(=O)CN1C[C@H](c2ccc(Cl)cc2)[C@@H](c2csnn2)C1.O=C(O)CC(O)(CC(=O)O)C(=O)O. The predicted octanol–water partition coefficient (Wildman–Crippen LogP) is 2.92. The van der Waals surface area contributed by atoms with Crippen LogP contribution in [0.3, 0.4) is 0 Å². The molecule has 1 amide bonds. The molecular weight excluding hydrogens is 576 g/mol. The summed E-state index contributed by atoms with van der Waals surface area (Å²) in [6, 6.07) is 8.50. The molecule has 0 radical (unpaired) electrons. The van der Waals surface area contributed by atoms with Gasteiger partial charge in [-0.3, -0.25) is 19.3 Å². The van der Waals surface area contributed by atoms with Crippen molar-refractivity contribution in [3.8, 4) is 0 Å². The lowest BCUT2D eigenvalue weighted by atomic mass is 9.87. The number of aliphatic hydroxyl groups is 1. The van der Waals surface area contributed by atoms with E-state index in [2.05, 4.69) is 38.4 Å². The number of carbonyl (C=O) groups is 4. The lowest BCUT2D eigenvalue weighted by molar-refractivity contribution is -0.170. The van der Waals surface area contributed by atoms with Crippen molar-refractivity contribution in [2.75, 3.05) is 26.2 Å². The summed E-state index contributed by atoms with van der Waals surface area (Å²) in [6.45, 7) is 5.29. The summed E-state index contributed by atoms with van der Waals surface area (Å²) in [6.07, 6.45) is 2.27. The van der Waals surface area contributed by atoms with E-state index in [0.717, 1.165) is 49.6 Å². The summed E-state index contributed by atoms with van der Waals surface area (Å²) in [4.78, 5) is 48.0. The van der Waals surface area contributed by atoms with E-state index in [0.29, 0.717) is 18.5 Å². The Labute approximate surface area is 246 Å². The molecule has 0 spiro atoms. The first-order chi connectivity index (χ1) is 19.4. The largest absolute Gasteiger partial charge is 0.481 e. The molecule has 0 aliphatic carbocycles. The van der Waals surface area contributed by atoms with Gasteiger partial charge in [-0.2, -0.15) is 0 Å². The standard InChI is InChI=1S/C21H27ClN4OS.C6H8O7/c1-2-17-5-3-4-10-26(17)21(27)13-25-11-18(15-6-8-16(22)9-7-15)19(12-25)20-14-28-24-23-20;7-3(8)1-6(13,5(11)12)2-4(9)10/h6-9,14,17-19H,2-5,10-13H2,1H3;13H,1-2H2,(H,7,8)(H,9,10)(H,11,12)/t17?,18-,19+;/m1./s1. The highest BCUT2D eigenvalue weighted by Crippen LogP contribution is 2.39. The fourth-order valence-electron chi connectivity index (χ4n) is 5.44. The average molecular weight is 611 g/mol. The summed E-state index contributed by atoms with van der Waals surface area (Å²) in [7, 11) is 0. The van der Waals surface area contributed by atoms with E-state index in [1.165, 1.54) is 23.5 Å². The van der Waals surface area contributed by atoms with Crippen LogP contribution >= 0.6 is 23.1 Å². The van der Waals surface area contributed by atoms with E-state index < -0.39 is 36.4 Å². The average Bonchev–Trinajstić information content (AvgIpc) is 3.59. The number of nitrogens with zero attached hydrogens (tertiary/aromatic N) is 4. The number of hydrogen-bond acceptors (Lipinski definition) is 9. The van der Waals surface area contributed by atoms with E-state index >= 15 is 0 Å². The minimum absolute atomic E-state index is 0.260. The van der Waals surface area contributed by atoms with Crippen molar-refractivity contribution in [3.63, 3.8) is 0 Å². The van der Waals surface area contributed by atoms with Crippen LogP contribution in [0.1, 0.15) is 68.5 Å². The number of aromatic nitrogens is 2. The summed E-state index contributed by atoms with van der Waals surface area (Å²) >= 11 is 7.48. The Bertz CT molecular complexity index is 1180. The molecule has 3 heterocycles. The topological polar surface area (TPSA) is 181 Å². The molecule has 4 N–H and O–H groups in total. The van der Waals surface area contributed by atoms with Crippen molar-refractivity contribution in [1.82, 2.24) is 19.4 Å². The van der Waals surface area contributed by atoms with Gasteiger partial charge < -0.3 is 25.3 Å². The van der Waals surface area contributed by atoms with Crippen molar-refractivity contribution >= 4 is 46.9 Å². The van der Waals surface area contributed by atoms with Crippen LogP contribution in [0.5, 0.6) is 0 Å². The molecule has 2 aromatic rings. The van der Waals surface area contributed by atoms with Crippen LogP contribution in [0.2, 0.25) is 5.02 Å². The summed E-state index contributed by atoms with van der Waals surface area (Å²) in [5.41, 5.74) is -0.455. The third-order valence-electron chi connectivity index (χ3n) is 7.51. The quantitative estimate of drug-likeness (QED) is 0.310. The van der Waals surface area contributed by atoms with Gasteiger partial charge in [-0.15, -0.1) is 5.10 Å². The van der Waals surface area contributed by atoms with Gasteiger partial charge in [-0.05, 0) is 54.9 Å². The van der Waals surface area contributed by atoms with Gasteiger partial charge in [0.2, 0.25) is 5.91 Å². The molecule has 2 aliphatic rings. The zero-order chi connectivity index (χ0) is 30.2. The van der Waals surface area contributed by atoms with Crippen molar-refractivity contribution in [2.24, 2.45) is 0 Å². The van der Waals surface area contributed by atoms with Gasteiger partial charge in [0.25, 0.3) is 0 Å². The number of carboxylic acid groups (broad SMARTS) is 3. The maximum absolute atomic E-state index is 13.0. The number of piperidine rings is 1. The van der Waals surface area contributed by atoms with Crippen molar-refractivity contribution < 1.29 is 39.6 Å². The molecule has 14 heteroatoms. The van der Waals surface area contributed by atoms with Crippen LogP contribution in [0.4, 0.5) is 0 Å². The van der Waals surface area contributed by atoms with E-state index in [-0.39, 0.29) is 11.8 Å². The van der Waals surface area contributed by atoms with Gasteiger partial charge in [0.1, 0.15) is 0 Å². The Hall–Kier alpha value is -3.13.